The number of hydrogen-bond acceptors (Lipinski definition) is 2. The van der Waals surface area contributed by atoms with Crippen molar-refractivity contribution < 1.29 is 0 Å². The number of rotatable bonds is 5. The van der Waals surface area contributed by atoms with Crippen molar-refractivity contribution in [3.8, 4) is 0 Å². The lowest BCUT2D eigenvalue weighted by molar-refractivity contribution is 0.576. The van der Waals surface area contributed by atoms with E-state index in [1.807, 2.05) is 30.0 Å². The Balaban J connectivity index is 2.54. The van der Waals surface area contributed by atoms with E-state index in [1.54, 1.807) is 0 Å². The molecule has 0 bridgehead atoms. The minimum absolute atomic E-state index is 0.313. The molecule has 0 amide bonds. The van der Waals surface area contributed by atoms with Crippen molar-refractivity contribution >= 4 is 23.4 Å². The fourth-order valence-electron chi connectivity index (χ4n) is 1.36. The lowest BCUT2D eigenvalue weighted by atomic mass is 10.1. The first-order valence-electron chi connectivity index (χ1n) is 5.15. The highest BCUT2D eigenvalue weighted by molar-refractivity contribution is 7.99. The number of thioether (sulfide) groups is 1. The maximum absolute atomic E-state index is 6.12. The van der Waals surface area contributed by atoms with Gasteiger partial charge in [0.2, 0.25) is 0 Å². The first-order valence-corrected chi connectivity index (χ1v) is 6.82. The molecule has 15 heavy (non-hydrogen) atoms. The van der Waals surface area contributed by atoms with Crippen molar-refractivity contribution in [2.75, 3.05) is 12.8 Å². The van der Waals surface area contributed by atoms with Crippen molar-refractivity contribution in [2.45, 2.75) is 25.1 Å². The van der Waals surface area contributed by atoms with Gasteiger partial charge in [-0.3, -0.25) is 0 Å². The van der Waals surface area contributed by atoms with Crippen LogP contribution >= 0.6 is 23.4 Å². The molecule has 84 valence electrons. The van der Waals surface area contributed by atoms with Gasteiger partial charge in [-0.15, -0.1) is 0 Å². The van der Waals surface area contributed by atoms with Crippen LogP contribution in [-0.4, -0.2) is 18.1 Å². The largest absolute Gasteiger partial charge is 0.309 e. The number of halogens is 1. The molecule has 0 aromatic heterocycles. The summed E-state index contributed by atoms with van der Waals surface area (Å²) < 4.78 is 0. The molecule has 0 aliphatic heterocycles. The van der Waals surface area contributed by atoms with Crippen molar-refractivity contribution in [1.29, 1.82) is 0 Å². The molecule has 0 fully saturated rings. The van der Waals surface area contributed by atoms with E-state index in [-0.39, 0.29) is 0 Å². The Morgan fingerprint density at radius 1 is 1.33 bits per heavy atom. The molecule has 1 N–H and O–H groups in total. The van der Waals surface area contributed by atoms with Crippen LogP contribution in [0.2, 0.25) is 5.02 Å². The van der Waals surface area contributed by atoms with E-state index in [9.17, 15) is 0 Å². The van der Waals surface area contributed by atoms with Gasteiger partial charge in [-0.1, -0.05) is 36.7 Å². The van der Waals surface area contributed by atoms with Gasteiger partial charge in [-0.25, -0.2) is 0 Å². The Morgan fingerprint density at radius 3 is 2.60 bits per heavy atom. The molecule has 0 heterocycles. The maximum Gasteiger partial charge on any atom is 0.0453 e. The van der Waals surface area contributed by atoms with Gasteiger partial charge < -0.3 is 5.32 Å². The SMILES string of the molecule is CSC(C)CNC(C)c1ccccc1Cl. The Bertz CT molecular complexity index is 303. The van der Waals surface area contributed by atoms with Crippen LogP contribution in [0, 0.1) is 0 Å². The second-order valence-electron chi connectivity index (χ2n) is 3.70. The third-order valence-electron chi connectivity index (χ3n) is 2.49. The van der Waals surface area contributed by atoms with E-state index < -0.39 is 0 Å². The third kappa shape index (κ3) is 4.06. The Morgan fingerprint density at radius 2 is 2.00 bits per heavy atom. The van der Waals surface area contributed by atoms with Crippen molar-refractivity contribution in [3.05, 3.63) is 34.9 Å². The van der Waals surface area contributed by atoms with Gasteiger partial charge in [0.05, 0.1) is 0 Å². The summed E-state index contributed by atoms with van der Waals surface area (Å²) in [6.07, 6.45) is 2.13. The molecule has 2 atom stereocenters. The molecule has 1 rings (SSSR count). The quantitative estimate of drug-likeness (QED) is 0.846. The van der Waals surface area contributed by atoms with Crippen LogP contribution in [0.3, 0.4) is 0 Å². The van der Waals surface area contributed by atoms with Crippen molar-refractivity contribution in [2.24, 2.45) is 0 Å². The molecule has 0 radical (unpaired) electrons. The van der Waals surface area contributed by atoms with Gasteiger partial charge in [-0.2, -0.15) is 11.8 Å². The van der Waals surface area contributed by atoms with Gasteiger partial charge in [0.15, 0.2) is 0 Å². The second-order valence-corrected chi connectivity index (χ2v) is 5.38. The highest BCUT2D eigenvalue weighted by Gasteiger charge is 2.09. The summed E-state index contributed by atoms with van der Waals surface area (Å²) >= 11 is 7.99. The van der Waals surface area contributed by atoms with Crippen LogP contribution in [0.5, 0.6) is 0 Å². The standard InChI is InChI=1S/C12H18ClNS/c1-9(15-3)8-14-10(2)11-6-4-5-7-12(11)13/h4-7,9-10,14H,8H2,1-3H3. The van der Waals surface area contributed by atoms with Crippen LogP contribution in [0.4, 0.5) is 0 Å². The summed E-state index contributed by atoms with van der Waals surface area (Å²) in [4.78, 5) is 0. The van der Waals surface area contributed by atoms with E-state index in [0.717, 1.165) is 11.6 Å². The van der Waals surface area contributed by atoms with Gasteiger partial charge >= 0.3 is 0 Å². The smallest absolute Gasteiger partial charge is 0.0453 e. The average Bonchev–Trinajstić information content (AvgIpc) is 2.26. The summed E-state index contributed by atoms with van der Waals surface area (Å²) in [5.74, 6) is 0. The van der Waals surface area contributed by atoms with E-state index in [1.165, 1.54) is 5.56 Å². The normalized spacial score (nSPS) is 14.9. The Kier molecular flexibility index (Phi) is 5.51. The van der Waals surface area contributed by atoms with Crippen LogP contribution in [-0.2, 0) is 0 Å². The third-order valence-corrected chi connectivity index (χ3v) is 3.80. The van der Waals surface area contributed by atoms with Crippen LogP contribution in [0.15, 0.2) is 24.3 Å². The summed E-state index contributed by atoms with van der Waals surface area (Å²) in [6, 6.07) is 8.31. The van der Waals surface area contributed by atoms with E-state index >= 15 is 0 Å². The lowest BCUT2D eigenvalue weighted by Gasteiger charge is -2.17. The van der Waals surface area contributed by atoms with Gasteiger partial charge in [0.25, 0.3) is 0 Å². The molecular weight excluding hydrogens is 226 g/mol. The monoisotopic (exact) mass is 243 g/mol. The molecule has 0 saturated heterocycles. The zero-order valence-electron chi connectivity index (χ0n) is 9.46. The number of nitrogens with one attached hydrogen (secondary N) is 1. The van der Waals surface area contributed by atoms with Crippen LogP contribution in [0.25, 0.3) is 0 Å². The van der Waals surface area contributed by atoms with Gasteiger partial charge in [0.1, 0.15) is 0 Å². The minimum Gasteiger partial charge on any atom is -0.309 e. The summed E-state index contributed by atoms with van der Waals surface area (Å²) in [7, 11) is 0. The van der Waals surface area contributed by atoms with Crippen molar-refractivity contribution in [3.63, 3.8) is 0 Å². The topological polar surface area (TPSA) is 12.0 Å². The summed E-state index contributed by atoms with van der Waals surface area (Å²) in [6.45, 7) is 5.37. The predicted octanol–water partition coefficient (Wildman–Crippen LogP) is 3.74. The maximum atomic E-state index is 6.12. The first-order chi connectivity index (χ1) is 7.15. The molecule has 1 aromatic carbocycles. The Labute approximate surface area is 102 Å². The molecule has 2 unspecified atom stereocenters. The van der Waals surface area contributed by atoms with E-state index in [2.05, 4.69) is 31.5 Å². The Hall–Kier alpha value is -0.180. The zero-order valence-corrected chi connectivity index (χ0v) is 11.0. The zero-order chi connectivity index (χ0) is 11.3. The van der Waals surface area contributed by atoms with Crippen molar-refractivity contribution in [1.82, 2.24) is 5.32 Å². The first kappa shape index (κ1) is 12.9. The molecule has 1 aromatic rings. The molecule has 0 aliphatic rings. The molecular formula is C12H18ClNS. The fraction of sp³-hybridized carbons (Fsp3) is 0.500. The highest BCUT2D eigenvalue weighted by Crippen LogP contribution is 2.22. The predicted molar refractivity (Wildman–Crippen MR) is 70.8 cm³/mol. The lowest BCUT2D eigenvalue weighted by Crippen LogP contribution is -2.25. The summed E-state index contributed by atoms with van der Waals surface area (Å²) in [5.41, 5.74) is 1.17. The average molecular weight is 244 g/mol. The number of benzene rings is 1. The summed E-state index contributed by atoms with van der Waals surface area (Å²) in [5, 5.41) is 4.96. The molecule has 3 heteroatoms. The van der Waals surface area contributed by atoms with Gasteiger partial charge in [-0.05, 0) is 24.8 Å². The number of hydrogen-bond donors (Lipinski definition) is 1. The highest BCUT2D eigenvalue weighted by atomic mass is 35.5. The minimum atomic E-state index is 0.313. The fourth-order valence-corrected chi connectivity index (χ4v) is 1.92. The van der Waals surface area contributed by atoms with Crippen LogP contribution in [0.1, 0.15) is 25.5 Å². The second kappa shape index (κ2) is 6.41. The molecule has 0 spiro atoms. The molecule has 0 aliphatic carbocycles. The van der Waals surface area contributed by atoms with Crippen LogP contribution < -0.4 is 5.32 Å². The molecule has 1 nitrogen and oxygen atoms in total. The van der Waals surface area contributed by atoms with E-state index in [4.69, 9.17) is 11.6 Å². The van der Waals surface area contributed by atoms with E-state index in [0.29, 0.717) is 11.3 Å². The molecule has 0 saturated carbocycles. The van der Waals surface area contributed by atoms with Gasteiger partial charge in [0, 0.05) is 22.9 Å².